The smallest absolute Gasteiger partial charge is 0.430 e. The van der Waals surface area contributed by atoms with Gasteiger partial charge in [0.1, 0.15) is 11.7 Å². The summed E-state index contributed by atoms with van der Waals surface area (Å²) in [4.78, 5) is 35.0. The van der Waals surface area contributed by atoms with Crippen LogP contribution in [-0.4, -0.2) is 34.6 Å². The summed E-state index contributed by atoms with van der Waals surface area (Å²) >= 11 is 0. The molecular weight excluding hydrogens is 473 g/mol. The van der Waals surface area contributed by atoms with Gasteiger partial charge in [-0.25, -0.2) is 4.79 Å². The zero-order valence-electron chi connectivity index (χ0n) is 18.0. The molecule has 4 aromatic rings. The van der Waals surface area contributed by atoms with Crippen LogP contribution in [0.15, 0.2) is 54.6 Å². The van der Waals surface area contributed by atoms with Crippen molar-refractivity contribution in [3.8, 4) is 5.69 Å². The van der Waals surface area contributed by atoms with E-state index < -0.39 is 23.0 Å². The van der Waals surface area contributed by atoms with Crippen molar-refractivity contribution >= 4 is 45.4 Å². The topological polar surface area (TPSA) is 155 Å². The molecule has 0 saturated carbocycles. The number of anilines is 1. The number of nitro groups is 1. The minimum Gasteiger partial charge on any atom is -0.542 e. The summed E-state index contributed by atoms with van der Waals surface area (Å²) < 4.78 is 38.4. The van der Waals surface area contributed by atoms with Crippen LogP contribution >= 0.6 is 0 Å². The van der Waals surface area contributed by atoms with Crippen LogP contribution in [0.25, 0.3) is 27.6 Å². The molecule has 0 atom stereocenters. The summed E-state index contributed by atoms with van der Waals surface area (Å²) in [6.45, 7) is 1.94. The van der Waals surface area contributed by atoms with Gasteiger partial charge in [-0.1, -0.05) is 12.1 Å². The number of esters is 1. The van der Waals surface area contributed by atoms with Gasteiger partial charge in [0.25, 0.3) is 11.5 Å². The Morgan fingerprint density at radius 2 is 1.71 bits per heavy atom. The number of H-pyrrole nitrogens is 1. The van der Waals surface area contributed by atoms with Gasteiger partial charge in [0, 0.05) is 17.5 Å². The Morgan fingerprint density at radius 3 is 2.26 bits per heavy atom. The van der Waals surface area contributed by atoms with Crippen molar-refractivity contribution in [1.82, 2.24) is 4.98 Å². The van der Waals surface area contributed by atoms with E-state index in [0.717, 1.165) is 16.4 Å². The van der Waals surface area contributed by atoms with E-state index in [-0.39, 0.29) is 23.7 Å². The SMILES string of the molecule is CCOC(=O)c1cc2[nH]c3ccccc3c2[n+](-c2ccc([N+](=O)[O-])cc2)c1N.O=C([O-])C(F)(F)F. The molecule has 10 nitrogen and oxygen atoms in total. The number of nitrogens with one attached hydrogen (secondary N) is 1. The number of pyridine rings is 1. The molecule has 3 N–H and O–H groups in total. The number of aromatic nitrogens is 2. The second-order valence-corrected chi connectivity index (χ2v) is 6.99. The molecule has 2 aromatic carbocycles. The Hall–Kier alpha value is -4.68. The number of rotatable bonds is 4. The van der Waals surface area contributed by atoms with Crippen molar-refractivity contribution in [2.45, 2.75) is 13.1 Å². The summed E-state index contributed by atoms with van der Waals surface area (Å²) in [5.41, 5.74) is 9.53. The Bertz CT molecular complexity index is 1430. The Kier molecular flexibility index (Phi) is 6.89. The van der Waals surface area contributed by atoms with Crippen molar-refractivity contribution in [3.05, 3.63) is 70.3 Å². The molecule has 0 aliphatic rings. The molecule has 0 radical (unpaired) electrons. The van der Waals surface area contributed by atoms with Gasteiger partial charge < -0.3 is 19.6 Å². The predicted molar refractivity (Wildman–Crippen MR) is 115 cm³/mol. The van der Waals surface area contributed by atoms with Crippen molar-refractivity contribution in [3.63, 3.8) is 0 Å². The summed E-state index contributed by atoms with van der Waals surface area (Å²) in [6, 6.07) is 15.4. The number of nitrogens with zero attached hydrogens (tertiary/aromatic N) is 2. The molecule has 182 valence electrons. The van der Waals surface area contributed by atoms with Crippen LogP contribution < -0.4 is 15.4 Å². The number of nitrogen functional groups attached to an aromatic ring is 1. The number of nitrogens with two attached hydrogens (primary N) is 1. The first kappa shape index (κ1) is 25.0. The van der Waals surface area contributed by atoms with Gasteiger partial charge in [0.2, 0.25) is 0 Å². The summed E-state index contributed by atoms with van der Waals surface area (Å²) in [6.07, 6.45) is -5.19. The number of ether oxygens (including phenoxy) is 1. The van der Waals surface area contributed by atoms with E-state index in [0.29, 0.717) is 11.2 Å². The van der Waals surface area contributed by atoms with Gasteiger partial charge in [0.15, 0.2) is 11.1 Å². The zero-order valence-corrected chi connectivity index (χ0v) is 18.0. The molecule has 0 aliphatic heterocycles. The fourth-order valence-electron chi connectivity index (χ4n) is 3.32. The van der Waals surface area contributed by atoms with Gasteiger partial charge in [-0.05, 0) is 37.3 Å². The van der Waals surface area contributed by atoms with E-state index in [2.05, 4.69) is 4.98 Å². The van der Waals surface area contributed by atoms with Crippen LogP contribution in [0.1, 0.15) is 17.3 Å². The van der Waals surface area contributed by atoms with Gasteiger partial charge in [-0.15, -0.1) is 0 Å². The molecule has 0 saturated heterocycles. The fourth-order valence-corrected chi connectivity index (χ4v) is 3.32. The highest BCUT2D eigenvalue weighted by Gasteiger charge is 2.29. The maximum absolute atomic E-state index is 12.4. The lowest BCUT2D eigenvalue weighted by atomic mass is 10.1. The van der Waals surface area contributed by atoms with Crippen LogP contribution in [0, 0.1) is 10.1 Å². The number of alkyl halides is 3. The van der Waals surface area contributed by atoms with Crippen molar-refractivity contribution in [2.24, 2.45) is 0 Å². The average molecular weight is 490 g/mol. The minimum atomic E-state index is -5.19. The summed E-state index contributed by atoms with van der Waals surface area (Å²) in [7, 11) is 0. The number of carbonyl (C=O) groups is 2. The van der Waals surface area contributed by atoms with Crippen molar-refractivity contribution in [1.29, 1.82) is 0 Å². The van der Waals surface area contributed by atoms with Crippen molar-refractivity contribution in [2.75, 3.05) is 12.3 Å². The lowest BCUT2D eigenvalue weighted by Crippen LogP contribution is -2.37. The monoisotopic (exact) mass is 490 g/mol. The third kappa shape index (κ3) is 5.13. The normalized spacial score (nSPS) is 11.1. The molecule has 0 aliphatic carbocycles. The number of halogens is 3. The second kappa shape index (κ2) is 9.67. The van der Waals surface area contributed by atoms with E-state index >= 15 is 0 Å². The number of carboxylic acid groups (broad SMARTS) is 1. The predicted octanol–water partition coefficient (Wildman–Crippen LogP) is 2.56. The van der Waals surface area contributed by atoms with Gasteiger partial charge in [-0.2, -0.15) is 17.7 Å². The molecule has 0 amide bonds. The molecule has 4 rings (SSSR count). The van der Waals surface area contributed by atoms with Crippen LogP contribution in [0.4, 0.5) is 24.7 Å². The number of hydrogen-bond donors (Lipinski definition) is 2. The number of aromatic amines is 1. The number of non-ortho nitro benzene ring substituents is 1. The quantitative estimate of drug-likeness (QED) is 0.193. The summed E-state index contributed by atoms with van der Waals surface area (Å²) in [5, 5.41) is 20.7. The lowest BCUT2D eigenvalue weighted by molar-refractivity contribution is -0.550. The van der Waals surface area contributed by atoms with E-state index in [9.17, 15) is 28.1 Å². The number of para-hydroxylation sites is 1. The number of benzene rings is 2. The number of fused-ring (bicyclic) bond motifs is 3. The number of hydrogen-bond acceptors (Lipinski definition) is 7. The molecular formula is C22H17F3N4O6. The standard InChI is InChI=1S/C20H16N4O4.C2HF3O2/c1-2-28-20(25)15-11-17-18(14-5-3-4-6-16(14)22-17)23(19(15)21)12-7-9-13(10-8-12)24(26)27;3-2(4,5)1(6)7/h3-11H,2H2,1H3,(H2,21,22,25);(H,6,7). The number of aliphatic carboxylic acids is 1. The fraction of sp³-hybridized carbons (Fsp3) is 0.136. The maximum Gasteiger partial charge on any atom is 0.430 e. The lowest BCUT2D eigenvalue weighted by Gasteiger charge is -2.09. The average Bonchev–Trinajstić information content (AvgIpc) is 3.17. The van der Waals surface area contributed by atoms with Crippen LogP contribution in [0.3, 0.4) is 0 Å². The first-order chi connectivity index (χ1) is 16.5. The van der Waals surface area contributed by atoms with E-state index in [4.69, 9.17) is 20.4 Å². The van der Waals surface area contributed by atoms with Crippen LogP contribution in [0.2, 0.25) is 0 Å². The van der Waals surface area contributed by atoms with E-state index in [1.54, 1.807) is 29.7 Å². The molecule has 13 heteroatoms. The Balaban J connectivity index is 0.000000429. The van der Waals surface area contributed by atoms with Gasteiger partial charge in [-0.3, -0.25) is 15.8 Å². The van der Waals surface area contributed by atoms with Crippen LogP contribution in [0.5, 0.6) is 0 Å². The summed E-state index contributed by atoms with van der Waals surface area (Å²) in [5.74, 6) is -3.34. The molecule has 0 spiro atoms. The minimum absolute atomic E-state index is 0.0281. The highest BCUT2D eigenvalue weighted by atomic mass is 19.4. The van der Waals surface area contributed by atoms with Gasteiger partial charge in [0.05, 0.1) is 22.6 Å². The maximum atomic E-state index is 12.4. The largest absolute Gasteiger partial charge is 0.542 e. The molecule has 2 aromatic heterocycles. The third-order valence-corrected chi connectivity index (χ3v) is 4.78. The van der Waals surface area contributed by atoms with Gasteiger partial charge >= 0.3 is 12.1 Å². The Labute approximate surface area is 194 Å². The highest BCUT2D eigenvalue weighted by Crippen LogP contribution is 2.27. The number of carboxylic acids is 1. The molecule has 0 bridgehead atoms. The molecule has 0 fully saturated rings. The molecule has 35 heavy (non-hydrogen) atoms. The first-order valence-electron chi connectivity index (χ1n) is 9.90. The molecule has 2 heterocycles. The van der Waals surface area contributed by atoms with E-state index in [1.165, 1.54) is 12.1 Å². The number of carbonyl (C=O) groups excluding carboxylic acids is 2. The van der Waals surface area contributed by atoms with Crippen molar-refractivity contribution < 1.29 is 42.1 Å². The number of nitro benzene ring substituents is 1. The van der Waals surface area contributed by atoms with Crippen LogP contribution in [-0.2, 0) is 9.53 Å². The Morgan fingerprint density at radius 1 is 1.11 bits per heavy atom. The molecule has 0 unspecified atom stereocenters. The highest BCUT2D eigenvalue weighted by molar-refractivity contribution is 6.06. The third-order valence-electron chi connectivity index (χ3n) is 4.78. The van der Waals surface area contributed by atoms with E-state index in [1.807, 2.05) is 24.3 Å². The zero-order chi connectivity index (χ0) is 25.9. The first-order valence-corrected chi connectivity index (χ1v) is 9.90. The second-order valence-electron chi connectivity index (χ2n) is 6.99.